The average Bonchev–Trinajstić information content (AvgIpc) is 1.98. The van der Waals surface area contributed by atoms with Crippen LogP contribution in [-0.2, 0) is 20.2 Å². The van der Waals surface area contributed by atoms with Crippen molar-refractivity contribution in [3.05, 3.63) is 5.25 Å². The zero-order valence-corrected chi connectivity index (χ0v) is 10.0. The summed E-state index contributed by atoms with van der Waals surface area (Å²) >= 11 is 0. The minimum absolute atomic E-state index is 0.0199. The fraction of sp³-hybridized carbons (Fsp3) is 0.857. The summed E-state index contributed by atoms with van der Waals surface area (Å²) in [5.74, 6) is -0.504. The number of hydrogen-bond acceptors (Lipinski definition) is 4. The molecule has 15 heavy (non-hydrogen) atoms. The average molecular weight is 259 g/mol. The summed E-state index contributed by atoms with van der Waals surface area (Å²) in [5, 5.41) is -0.0892. The molecule has 2 N–H and O–H groups in total. The molecule has 6 nitrogen and oxygen atoms in total. The van der Waals surface area contributed by atoms with E-state index in [1.54, 1.807) is 6.92 Å². The lowest BCUT2D eigenvalue weighted by Crippen LogP contribution is -2.13. The maximum Gasteiger partial charge on any atom is 0.272 e. The molecule has 0 aliphatic heterocycles. The highest BCUT2D eigenvalue weighted by Crippen LogP contribution is 2.21. The van der Waals surface area contributed by atoms with Gasteiger partial charge >= 0.3 is 0 Å². The number of rotatable bonds is 7. The molecule has 1 radical (unpaired) electrons. The second-order valence-corrected chi connectivity index (χ2v) is 6.25. The molecule has 0 aromatic heterocycles. The lowest BCUT2D eigenvalue weighted by Gasteiger charge is -2.10. The van der Waals surface area contributed by atoms with Crippen molar-refractivity contribution >= 4 is 20.2 Å². The van der Waals surface area contributed by atoms with Gasteiger partial charge in [0.05, 0.1) is 5.75 Å². The molecular formula is C7H15O6S2. The Morgan fingerprint density at radius 1 is 1.07 bits per heavy atom. The smallest absolute Gasteiger partial charge is 0.272 e. The first kappa shape index (κ1) is 14.8. The van der Waals surface area contributed by atoms with Crippen LogP contribution >= 0.6 is 0 Å². The van der Waals surface area contributed by atoms with E-state index >= 15 is 0 Å². The predicted octanol–water partition coefficient (Wildman–Crippen LogP) is 0.874. The minimum atomic E-state index is -4.20. The van der Waals surface area contributed by atoms with Gasteiger partial charge in [0, 0.05) is 0 Å². The summed E-state index contributed by atoms with van der Waals surface area (Å²) in [6.07, 6.45) is 0.672. The van der Waals surface area contributed by atoms with Crippen LogP contribution in [0.1, 0.15) is 32.6 Å². The molecule has 0 heterocycles. The van der Waals surface area contributed by atoms with Crippen molar-refractivity contribution in [2.75, 3.05) is 5.75 Å². The van der Waals surface area contributed by atoms with E-state index in [0.717, 1.165) is 0 Å². The Hall–Kier alpha value is -0.180. The van der Waals surface area contributed by atoms with Crippen molar-refractivity contribution in [1.82, 2.24) is 0 Å². The standard InChI is InChI=1S/C7H15O6S2/c1-2-4-7(15(11,12)13)5-3-6-14(8,9)10/h2-6H2,1H3,(H,8,9,10)(H,11,12,13). The summed E-state index contributed by atoms with van der Waals surface area (Å²) in [6.45, 7) is 1.74. The molecule has 0 bridgehead atoms. The number of hydrogen-bond donors (Lipinski definition) is 2. The Balaban J connectivity index is 4.22. The van der Waals surface area contributed by atoms with E-state index in [9.17, 15) is 16.8 Å². The van der Waals surface area contributed by atoms with Crippen LogP contribution in [0.4, 0.5) is 0 Å². The van der Waals surface area contributed by atoms with Crippen molar-refractivity contribution in [1.29, 1.82) is 0 Å². The summed E-state index contributed by atoms with van der Waals surface area (Å²) in [5.41, 5.74) is 0. The summed E-state index contributed by atoms with van der Waals surface area (Å²) in [6, 6.07) is 0. The summed E-state index contributed by atoms with van der Waals surface area (Å²) in [7, 11) is -8.27. The van der Waals surface area contributed by atoms with Gasteiger partial charge in [0.15, 0.2) is 0 Å². The van der Waals surface area contributed by atoms with Crippen molar-refractivity contribution in [3.8, 4) is 0 Å². The Morgan fingerprint density at radius 3 is 1.93 bits per heavy atom. The van der Waals surface area contributed by atoms with Gasteiger partial charge in [0.2, 0.25) is 0 Å². The zero-order chi connectivity index (χ0) is 12.1. The predicted molar refractivity (Wildman–Crippen MR) is 55.3 cm³/mol. The third kappa shape index (κ3) is 7.71. The third-order valence-electron chi connectivity index (χ3n) is 1.75. The Morgan fingerprint density at radius 2 is 1.60 bits per heavy atom. The lowest BCUT2D eigenvalue weighted by molar-refractivity contribution is 0.468. The van der Waals surface area contributed by atoms with Gasteiger partial charge in [-0.3, -0.25) is 9.11 Å². The van der Waals surface area contributed by atoms with E-state index in [4.69, 9.17) is 9.11 Å². The van der Waals surface area contributed by atoms with Gasteiger partial charge in [-0.05, 0) is 19.3 Å². The van der Waals surface area contributed by atoms with Crippen molar-refractivity contribution in [2.45, 2.75) is 32.6 Å². The van der Waals surface area contributed by atoms with E-state index < -0.39 is 26.0 Å². The van der Waals surface area contributed by atoms with Gasteiger partial charge in [0.25, 0.3) is 20.2 Å². The fourth-order valence-corrected chi connectivity index (χ4v) is 2.49. The molecule has 0 spiro atoms. The SMILES string of the molecule is CCC[C](CCCS(=O)(=O)O)S(=O)(=O)O. The Kier molecular flexibility index (Phi) is 5.71. The molecule has 0 amide bonds. The molecule has 0 aliphatic rings. The molecule has 91 valence electrons. The van der Waals surface area contributed by atoms with E-state index in [-0.39, 0.29) is 24.5 Å². The van der Waals surface area contributed by atoms with E-state index in [1.807, 2.05) is 0 Å². The third-order valence-corrected chi connectivity index (χ3v) is 3.69. The molecule has 0 atom stereocenters. The molecule has 0 fully saturated rings. The van der Waals surface area contributed by atoms with Gasteiger partial charge in [-0.25, -0.2) is 0 Å². The highest BCUT2D eigenvalue weighted by atomic mass is 32.2. The topological polar surface area (TPSA) is 109 Å². The highest BCUT2D eigenvalue weighted by Gasteiger charge is 2.23. The first-order valence-corrected chi connectivity index (χ1v) is 7.49. The second-order valence-electron chi connectivity index (χ2n) is 3.15. The highest BCUT2D eigenvalue weighted by molar-refractivity contribution is 7.88. The van der Waals surface area contributed by atoms with Crippen LogP contribution in [0.3, 0.4) is 0 Å². The van der Waals surface area contributed by atoms with Crippen molar-refractivity contribution in [3.63, 3.8) is 0 Å². The lowest BCUT2D eigenvalue weighted by atomic mass is 10.2. The summed E-state index contributed by atoms with van der Waals surface area (Å²) < 4.78 is 59.5. The van der Waals surface area contributed by atoms with Crippen LogP contribution in [-0.4, -0.2) is 31.7 Å². The molecule has 0 saturated heterocycles. The zero-order valence-electron chi connectivity index (χ0n) is 8.38. The molecule has 0 saturated carbocycles. The minimum Gasteiger partial charge on any atom is -0.286 e. The quantitative estimate of drug-likeness (QED) is 0.657. The Labute approximate surface area is 90.2 Å². The largest absolute Gasteiger partial charge is 0.286 e. The maximum absolute atomic E-state index is 10.8. The van der Waals surface area contributed by atoms with E-state index in [2.05, 4.69) is 0 Å². The first-order chi connectivity index (χ1) is 6.67. The van der Waals surface area contributed by atoms with Gasteiger partial charge < -0.3 is 0 Å². The fourth-order valence-electron chi connectivity index (χ4n) is 1.11. The van der Waals surface area contributed by atoms with Crippen molar-refractivity contribution in [2.24, 2.45) is 0 Å². The molecule has 0 aliphatic carbocycles. The summed E-state index contributed by atoms with van der Waals surface area (Å²) in [4.78, 5) is 0. The van der Waals surface area contributed by atoms with Gasteiger partial charge in [0.1, 0.15) is 5.25 Å². The van der Waals surface area contributed by atoms with Crippen LogP contribution in [0.2, 0.25) is 0 Å². The van der Waals surface area contributed by atoms with Gasteiger partial charge in [-0.15, -0.1) is 0 Å². The van der Waals surface area contributed by atoms with Crippen LogP contribution in [0.25, 0.3) is 0 Å². The van der Waals surface area contributed by atoms with Crippen LogP contribution < -0.4 is 0 Å². The van der Waals surface area contributed by atoms with Crippen LogP contribution in [0, 0.1) is 5.25 Å². The van der Waals surface area contributed by atoms with E-state index in [0.29, 0.717) is 6.42 Å². The normalized spacial score (nSPS) is 13.3. The van der Waals surface area contributed by atoms with Gasteiger partial charge in [-0.1, -0.05) is 13.3 Å². The van der Waals surface area contributed by atoms with Crippen molar-refractivity contribution < 1.29 is 25.9 Å². The van der Waals surface area contributed by atoms with Gasteiger partial charge in [-0.2, -0.15) is 16.8 Å². The maximum atomic E-state index is 10.8. The molecule has 0 rings (SSSR count). The second kappa shape index (κ2) is 5.78. The molecule has 8 heteroatoms. The molecule has 0 aromatic rings. The van der Waals surface area contributed by atoms with E-state index in [1.165, 1.54) is 0 Å². The van der Waals surface area contributed by atoms with Crippen LogP contribution in [0.15, 0.2) is 0 Å². The van der Waals surface area contributed by atoms with Crippen LogP contribution in [0.5, 0.6) is 0 Å². The molecular weight excluding hydrogens is 244 g/mol. The monoisotopic (exact) mass is 259 g/mol. The molecule has 0 unspecified atom stereocenters. The Bertz CT molecular complexity index is 368. The molecule has 0 aromatic carbocycles. The first-order valence-electron chi connectivity index (χ1n) is 4.44.